The Morgan fingerprint density at radius 2 is 1.46 bits per heavy atom. The van der Waals surface area contributed by atoms with Crippen molar-refractivity contribution in [1.82, 2.24) is 10.9 Å². The Labute approximate surface area is 168 Å². The van der Waals surface area contributed by atoms with Gasteiger partial charge in [0.15, 0.2) is 0 Å². The lowest BCUT2D eigenvalue weighted by Gasteiger charge is -2.12. The van der Waals surface area contributed by atoms with Crippen LogP contribution >= 0.6 is 11.6 Å². The third-order valence-corrected chi connectivity index (χ3v) is 4.21. The lowest BCUT2D eigenvalue weighted by Crippen LogP contribution is -2.42. The van der Waals surface area contributed by atoms with Gasteiger partial charge >= 0.3 is 0 Å². The maximum atomic E-state index is 12.5. The maximum absolute atomic E-state index is 12.5. The fraction of sp³-hybridized carbons (Fsp3) is 0.0909. The fourth-order valence-electron chi connectivity index (χ4n) is 2.54. The van der Waals surface area contributed by atoms with Crippen LogP contribution in [0.25, 0.3) is 0 Å². The van der Waals surface area contributed by atoms with E-state index in [0.29, 0.717) is 22.9 Å². The molecule has 0 spiro atoms. The number of halogens is 1. The molecule has 3 rings (SSSR count). The maximum Gasteiger partial charge on any atom is 0.273 e. The molecule has 0 saturated carbocycles. The molecule has 0 aliphatic carbocycles. The highest BCUT2D eigenvalue weighted by molar-refractivity contribution is 6.30. The summed E-state index contributed by atoms with van der Waals surface area (Å²) in [6.07, 6.45) is 0.129. The zero-order valence-corrected chi connectivity index (χ0v) is 15.8. The highest BCUT2D eigenvalue weighted by Gasteiger charge is 2.13. The van der Waals surface area contributed by atoms with Gasteiger partial charge in [-0.2, -0.15) is 0 Å². The summed E-state index contributed by atoms with van der Waals surface area (Å²) in [4.78, 5) is 24.5. The molecule has 0 bridgehead atoms. The van der Waals surface area contributed by atoms with E-state index in [9.17, 15) is 9.59 Å². The summed E-state index contributed by atoms with van der Waals surface area (Å²) in [6.45, 7) is 0.341. The molecular weight excluding hydrogens is 376 g/mol. The van der Waals surface area contributed by atoms with Crippen molar-refractivity contribution in [2.24, 2.45) is 0 Å². The van der Waals surface area contributed by atoms with Crippen molar-refractivity contribution < 1.29 is 14.3 Å². The quantitative estimate of drug-likeness (QED) is 0.622. The number of carbonyl (C=O) groups is 2. The largest absolute Gasteiger partial charge is 0.488 e. The van der Waals surface area contributed by atoms with Crippen molar-refractivity contribution in [1.29, 1.82) is 0 Å². The molecule has 5 nitrogen and oxygen atoms in total. The van der Waals surface area contributed by atoms with Gasteiger partial charge < -0.3 is 4.74 Å². The number of hydrazine groups is 1. The zero-order chi connectivity index (χ0) is 19.8. The molecule has 0 aliphatic heterocycles. The molecule has 0 aliphatic rings. The van der Waals surface area contributed by atoms with Gasteiger partial charge in [0, 0.05) is 5.02 Å². The highest BCUT2D eigenvalue weighted by atomic mass is 35.5. The number of amides is 2. The zero-order valence-electron chi connectivity index (χ0n) is 15.0. The summed E-state index contributed by atoms with van der Waals surface area (Å²) in [5.74, 6) is -0.345. The molecule has 142 valence electrons. The summed E-state index contributed by atoms with van der Waals surface area (Å²) >= 11 is 5.83. The van der Waals surface area contributed by atoms with E-state index in [-0.39, 0.29) is 12.3 Å². The van der Waals surface area contributed by atoms with Gasteiger partial charge in [0.25, 0.3) is 5.91 Å². The topological polar surface area (TPSA) is 67.4 Å². The Bertz CT molecular complexity index is 944. The molecule has 0 aromatic heterocycles. The number of nitrogens with one attached hydrogen (secondary N) is 2. The first-order valence-corrected chi connectivity index (χ1v) is 9.09. The molecular formula is C22H19ClN2O3. The molecule has 2 N–H and O–H groups in total. The van der Waals surface area contributed by atoms with Gasteiger partial charge in [-0.05, 0) is 35.4 Å². The van der Waals surface area contributed by atoms with Crippen LogP contribution in [0.15, 0.2) is 78.9 Å². The predicted molar refractivity (Wildman–Crippen MR) is 108 cm³/mol. The number of para-hydroxylation sites is 1. The number of ether oxygens (including phenoxy) is 1. The van der Waals surface area contributed by atoms with Crippen molar-refractivity contribution in [2.45, 2.75) is 13.0 Å². The van der Waals surface area contributed by atoms with Crippen LogP contribution in [0.5, 0.6) is 5.75 Å². The van der Waals surface area contributed by atoms with Crippen LogP contribution in [0, 0.1) is 0 Å². The van der Waals surface area contributed by atoms with Gasteiger partial charge in [-0.3, -0.25) is 20.4 Å². The Morgan fingerprint density at radius 3 is 2.21 bits per heavy atom. The summed E-state index contributed by atoms with van der Waals surface area (Å²) in [6, 6.07) is 23.5. The summed E-state index contributed by atoms with van der Waals surface area (Å²) in [5, 5.41) is 0.601. The second kappa shape index (κ2) is 9.58. The molecule has 2 amide bonds. The second-order valence-corrected chi connectivity index (χ2v) is 6.51. The Hall–Kier alpha value is -3.31. The van der Waals surface area contributed by atoms with Crippen molar-refractivity contribution >= 4 is 23.4 Å². The van der Waals surface area contributed by atoms with Crippen LogP contribution in [0.4, 0.5) is 0 Å². The van der Waals surface area contributed by atoms with Crippen LogP contribution < -0.4 is 15.6 Å². The van der Waals surface area contributed by atoms with Gasteiger partial charge in [-0.15, -0.1) is 0 Å². The number of benzene rings is 3. The van der Waals surface area contributed by atoms with Gasteiger partial charge in [0.05, 0.1) is 12.0 Å². The van der Waals surface area contributed by atoms with Crippen LogP contribution in [-0.2, 0) is 17.8 Å². The first-order valence-electron chi connectivity index (χ1n) is 8.71. The Kier molecular flexibility index (Phi) is 6.65. The SMILES string of the molecule is O=C(Cc1ccc(Cl)cc1)NNC(=O)c1ccccc1OCc1ccccc1. The molecule has 6 heteroatoms. The minimum absolute atomic E-state index is 0.129. The standard InChI is InChI=1S/C22H19ClN2O3/c23-18-12-10-16(11-13-18)14-21(26)24-25-22(27)19-8-4-5-9-20(19)28-15-17-6-2-1-3-7-17/h1-13H,14-15H2,(H,24,26)(H,25,27). The van der Waals surface area contributed by atoms with E-state index in [1.807, 2.05) is 30.3 Å². The first kappa shape index (κ1) is 19.5. The number of hydrogen-bond donors (Lipinski definition) is 2. The fourth-order valence-corrected chi connectivity index (χ4v) is 2.67. The van der Waals surface area contributed by atoms with Crippen LogP contribution in [0.1, 0.15) is 21.5 Å². The summed E-state index contributed by atoms with van der Waals surface area (Å²) in [5.41, 5.74) is 6.97. The van der Waals surface area contributed by atoms with E-state index in [4.69, 9.17) is 16.3 Å². The Balaban J connectivity index is 1.56. The lowest BCUT2D eigenvalue weighted by atomic mass is 10.1. The molecule has 0 radical (unpaired) electrons. The minimum atomic E-state index is -0.451. The first-order chi connectivity index (χ1) is 13.6. The van der Waals surface area contributed by atoms with Gasteiger partial charge in [-0.25, -0.2) is 0 Å². The average molecular weight is 395 g/mol. The highest BCUT2D eigenvalue weighted by Crippen LogP contribution is 2.19. The molecule has 28 heavy (non-hydrogen) atoms. The number of hydrogen-bond acceptors (Lipinski definition) is 3. The smallest absolute Gasteiger partial charge is 0.273 e. The molecule has 0 unspecified atom stereocenters. The minimum Gasteiger partial charge on any atom is -0.488 e. The van der Waals surface area contributed by atoms with E-state index >= 15 is 0 Å². The number of carbonyl (C=O) groups excluding carboxylic acids is 2. The number of rotatable bonds is 6. The van der Waals surface area contributed by atoms with Gasteiger partial charge in [0.1, 0.15) is 12.4 Å². The Morgan fingerprint density at radius 1 is 0.786 bits per heavy atom. The molecule has 0 atom stereocenters. The monoisotopic (exact) mass is 394 g/mol. The lowest BCUT2D eigenvalue weighted by molar-refractivity contribution is -0.121. The van der Waals surface area contributed by atoms with Crippen LogP contribution in [0.2, 0.25) is 5.02 Å². The second-order valence-electron chi connectivity index (χ2n) is 6.08. The normalized spacial score (nSPS) is 10.2. The van der Waals surface area contributed by atoms with Crippen molar-refractivity contribution in [2.75, 3.05) is 0 Å². The van der Waals surface area contributed by atoms with E-state index in [1.54, 1.807) is 48.5 Å². The predicted octanol–water partition coefficient (Wildman–Crippen LogP) is 3.92. The molecule has 3 aromatic rings. The third kappa shape index (κ3) is 5.59. The van der Waals surface area contributed by atoms with Crippen LogP contribution in [0.3, 0.4) is 0 Å². The molecule has 0 saturated heterocycles. The summed E-state index contributed by atoms with van der Waals surface area (Å²) in [7, 11) is 0. The van der Waals surface area contributed by atoms with E-state index in [2.05, 4.69) is 10.9 Å². The van der Waals surface area contributed by atoms with E-state index in [1.165, 1.54) is 0 Å². The van der Waals surface area contributed by atoms with Crippen molar-refractivity contribution in [3.63, 3.8) is 0 Å². The van der Waals surface area contributed by atoms with Crippen molar-refractivity contribution in [3.8, 4) is 5.75 Å². The van der Waals surface area contributed by atoms with Gasteiger partial charge in [0.2, 0.25) is 5.91 Å². The average Bonchev–Trinajstić information content (AvgIpc) is 2.73. The molecule has 0 fully saturated rings. The molecule has 3 aromatic carbocycles. The third-order valence-electron chi connectivity index (χ3n) is 3.96. The van der Waals surface area contributed by atoms with Gasteiger partial charge in [-0.1, -0.05) is 66.2 Å². The van der Waals surface area contributed by atoms with E-state index < -0.39 is 5.91 Å². The summed E-state index contributed by atoms with van der Waals surface area (Å²) < 4.78 is 5.77. The van der Waals surface area contributed by atoms with E-state index in [0.717, 1.165) is 11.1 Å². The van der Waals surface area contributed by atoms with Crippen molar-refractivity contribution in [3.05, 3.63) is 101 Å². The van der Waals surface area contributed by atoms with Crippen LogP contribution in [-0.4, -0.2) is 11.8 Å². The molecule has 0 heterocycles.